The van der Waals surface area contributed by atoms with Gasteiger partial charge >= 0.3 is 0 Å². The highest BCUT2D eigenvalue weighted by Crippen LogP contribution is 2.31. The van der Waals surface area contributed by atoms with Crippen molar-refractivity contribution in [1.82, 2.24) is 9.80 Å². The van der Waals surface area contributed by atoms with Crippen LogP contribution >= 0.6 is 11.8 Å². The van der Waals surface area contributed by atoms with Gasteiger partial charge in [0.05, 0.1) is 18.1 Å². The second-order valence-corrected chi connectivity index (χ2v) is 6.83. The molecule has 2 aliphatic heterocycles. The molecule has 25 heavy (non-hydrogen) atoms. The van der Waals surface area contributed by atoms with Crippen LogP contribution in [-0.2, 0) is 4.79 Å². The number of ether oxygens (including phenoxy) is 1. The van der Waals surface area contributed by atoms with Gasteiger partial charge in [-0.25, -0.2) is 0 Å². The number of benzene rings is 1. The van der Waals surface area contributed by atoms with Gasteiger partial charge in [0.2, 0.25) is 0 Å². The molecule has 0 unspecified atom stereocenters. The lowest BCUT2D eigenvalue weighted by Crippen LogP contribution is -2.47. The van der Waals surface area contributed by atoms with Crippen molar-refractivity contribution in [2.45, 2.75) is 6.42 Å². The smallest absolute Gasteiger partial charge is 0.286 e. The topological polar surface area (TPSA) is 68.9 Å². The van der Waals surface area contributed by atoms with Crippen molar-refractivity contribution in [3.63, 3.8) is 0 Å². The number of hydrogen-bond donors (Lipinski definition) is 0. The van der Waals surface area contributed by atoms with Gasteiger partial charge in [-0.1, -0.05) is 12.1 Å². The van der Waals surface area contributed by atoms with Crippen molar-refractivity contribution in [3.8, 4) is 11.8 Å². The number of piperazine rings is 1. The fourth-order valence-corrected chi connectivity index (χ4v) is 3.72. The van der Waals surface area contributed by atoms with E-state index < -0.39 is 0 Å². The summed E-state index contributed by atoms with van der Waals surface area (Å²) in [5.74, 6) is 0.612. The molecule has 0 N–H and O–H groups in total. The lowest BCUT2D eigenvalue weighted by Gasteiger charge is -2.34. The molecule has 0 saturated carbocycles. The Morgan fingerprint density at radius 2 is 2.00 bits per heavy atom. The first-order valence-electron chi connectivity index (χ1n) is 8.20. The van der Waals surface area contributed by atoms with Crippen molar-refractivity contribution in [2.75, 3.05) is 39.8 Å². The predicted octanol–water partition coefficient (Wildman–Crippen LogP) is 2.20. The zero-order valence-electron chi connectivity index (χ0n) is 14.1. The average Bonchev–Trinajstić information content (AvgIpc) is 3.01. The third kappa shape index (κ3) is 4.41. The normalized spacial score (nSPS) is 19.8. The summed E-state index contributed by atoms with van der Waals surface area (Å²) in [5, 5.41) is 9.45. The zero-order valence-corrected chi connectivity index (χ0v) is 15.0. The highest BCUT2D eigenvalue weighted by Gasteiger charge is 2.28. The molecule has 1 aromatic carbocycles. The molecule has 2 aliphatic rings. The Morgan fingerprint density at radius 3 is 2.64 bits per heavy atom. The maximum atomic E-state index is 12.2. The van der Waals surface area contributed by atoms with Crippen molar-refractivity contribution in [1.29, 1.82) is 5.26 Å². The molecule has 3 rings (SSSR count). The molecule has 0 bridgehead atoms. The predicted molar refractivity (Wildman–Crippen MR) is 99.2 cm³/mol. The summed E-state index contributed by atoms with van der Waals surface area (Å²) in [4.78, 5) is 21.5. The van der Waals surface area contributed by atoms with Crippen molar-refractivity contribution in [2.24, 2.45) is 4.99 Å². The maximum absolute atomic E-state index is 12.2. The Hall–Kier alpha value is -2.30. The first-order valence-corrected chi connectivity index (χ1v) is 9.02. The van der Waals surface area contributed by atoms with E-state index in [1.165, 1.54) is 11.8 Å². The van der Waals surface area contributed by atoms with Gasteiger partial charge in [0.1, 0.15) is 5.75 Å². The van der Waals surface area contributed by atoms with Gasteiger partial charge in [-0.3, -0.25) is 9.69 Å². The second kappa shape index (κ2) is 8.19. The molecular weight excluding hydrogens is 336 g/mol. The molecule has 0 aromatic heterocycles. The minimum Gasteiger partial charge on any atom is -0.497 e. The Kier molecular flexibility index (Phi) is 5.74. The molecule has 1 aromatic rings. The number of carbonyl (C=O) groups is 1. The van der Waals surface area contributed by atoms with Gasteiger partial charge < -0.3 is 9.64 Å². The largest absolute Gasteiger partial charge is 0.497 e. The minimum atomic E-state index is -0.178. The molecule has 1 amide bonds. The van der Waals surface area contributed by atoms with Crippen LogP contribution in [0.3, 0.4) is 0 Å². The van der Waals surface area contributed by atoms with Crippen LogP contribution in [0.1, 0.15) is 12.0 Å². The molecular formula is C18H20N4O2S. The summed E-state index contributed by atoms with van der Waals surface area (Å²) >= 11 is 1.43. The van der Waals surface area contributed by atoms with Crippen molar-refractivity contribution in [3.05, 3.63) is 34.7 Å². The Balaban J connectivity index is 1.59. The maximum Gasteiger partial charge on any atom is 0.286 e. The fourth-order valence-electron chi connectivity index (χ4n) is 2.76. The van der Waals surface area contributed by atoms with Crippen LogP contribution in [0.5, 0.6) is 5.75 Å². The molecule has 0 atom stereocenters. The highest BCUT2D eigenvalue weighted by atomic mass is 32.2. The number of amidine groups is 1. The summed E-state index contributed by atoms with van der Waals surface area (Å²) in [7, 11) is 1.63. The number of aliphatic imine (C=N–C) groups is 1. The summed E-state index contributed by atoms with van der Waals surface area (Å²) in [5.41, 5.74) is 0.953. The van der Waals surface area contributed by atoms with Gasteiger partial charge in [-0.05, 0) is 35.5 Å². The summed E-state index contributed by atoms with van der Waals surface area (Å²) in [6, 6.07) is 9.77. The van der Waals surface area contributed by atoms with Crippen LogP contribution in [0.2, 0.25) is 0 Å². The van der Waals surface area contributed by atoms with Crippen LogP contribution < -0.4 is 4.74 Å². The van der Waals surface area contributed by atoms with Crippen molar-refractivity contribution >= 4 is 28.9 Å². The van der Waals surface area contributed by atoms with Gasteiger partial charge in [0, 0.05) is 39.1 Å². The van der Waals surface area contributed by atoms with Crippen molar-refractivity contribution < 1.29 is 9.53 Å². The van der Waals surface area contributed by atoms with E-state index in [4.69, 9.17) is 10.00 Å². The Bertz CT molecular complexity index is 728. The number of thioether (sulfide) groups is 1. The molecule has 1 saturated heterocycles. The van der Waals surface area contributed by atoms with E-state index in [0.717, 1.165) is 49.2 Å². The van der Waals surface area contributed by atoms with E-state index in [1.807, 2.05) is 30.3 Å². The lowest BCUT2D eigenvalue weighted by molar-refractivity contribution is -0.113. The first-order chi connectivity index (χ1) is 12.2. The fraction of sp³-hybridized carbons (Fsp3) is 0.389. The second-order valence-electron chi connectivity index (χ2n) is 5.82. The van der Waals surface area contributed by atoms with Crippen LogP contribution in [-0.4, -0.2) is 60.7 Å². The highest BCUT2D eigenvalue weighted by molar-refractivity contribution is 8.18. The molecule has 130 valence electrons. The molecule has 0 spiro atoms. The number of methoxy groups -OCH3 is 1. The number of amides is 1. The zero-order chi connectivity index (χ0) is 17.6. The van der Waals surface area contributed by atoms with Gasteiger partial charge in [0.15, 0.2) is 5.17 Å². The minimum absolute atomic E-state index is 0.178. The van der Waals surface area contributed by atoms with Gasteiger partial charge in [0.25, 0.3) is 5.91 Å². The van der Waals surface area contributed by atoms with Gasteiger partial charge in [-0.2, -0.15) is 10.3 Å². The van der Waals surface area contributed by atoms with E-state index in [9.17, 15) is 4.79 Å². The first kappa shape index (κ1) is 17.5. The van der Waals surface area contributed by atoms with E-state index in [0.29, 0.717) is 11.3 Å². The number of carbonyl (C=O) groups excluding carboxylic acids is 1. The molecule has 0 aliphatic carbocycles. The lowest BCUT2D eigenvalue weighted by atomic mass is 10.2. The number of hydrogen-bond acceptors (Lipinski definition) is 6. The monoisotopic (exact) mass is 356 g/mol. The van der Waals surface area contributed by atoms with E-state index in [-0.39, 0.29) is 5.91 Å². The molecule has 1 fully saturated rings. The number of nitrogens with zero attached hydrogens (tertiary/aromatic N) is 4. The van der Waals surface area contributed by atoms with E-state index >= 15 is 0 Å². The third-order valence-electron chi connectivity index (χ3n) is 4.21. The van der Waals surface area contributed by atoms with Crippen LogP contribution in [0.4, 0.5) is 0 Å². The van der Waals surface area contributed by atoms with Crippen LogP contribution in [0, 0.1) is 11.3 Å². The number of rotatable bonds is 4. The average molecular weight is 356 g/mol. The number of nitriles is 1. The Morgan fingerprint density at radius 1 is 1.28 bits per heavy atom. The van der Waals surface area contributed by atoms with Gasteiger partial charge in [-0.15, -0.1) is 0 Å². The molecule has 2 heterocycles. The van der Waals surface area contributed by atoms with Crippen LogP contribution in [0.25, 0.3) is 6.08 Å². The van der Waals surface area contributed by atoms with E-state index in [2.05, 4.69) is 20.9 Å². The molecule has 0 radical (unpaired) electrons. The SMILES string of the molecule is COc1ccc(C=C2SC(N3CCN(CCC#N)CC3)=NC2=O)cc1. The summed E-state index contributed by atoms with van der Waals surface area (Å²) in [6.45, 7) is 4.27. The standard InChI is InChI=1S/C18H20N4O2S/c1-24-15-5-3-14(4-6-15)13-16-17(23)20-18(25-16)22-11-9-21(10-12-22)8-2-7-19/h3-6,13H,2,8-12H2,1H3. The molecule has 7 heteroatoms. The Labute approximate surface area is 151 Å². The third-order valence-corrected chi connectivity index (χ3v) is 5.25. The van der Waals surface area contributed by atoms with Crippen LogP contribution in [0.15, 0.2) is 34.2 Å². The summed E-state index contributed by atoms with van der Waals surface area (Å²) < 4.78 is 5.15. The van der Waals surface area contributed by atoms with E-state index in [1.54, 1.807) is 7.11 Å². The quantitative estimate of drug-likeness (QED) is 0.771. The molecule has 6 nitrogen and oxygen atoms in total. The summed E-state index contributed by atoms with van der Waals surface area (Å²) in [6.07, 6.45) is 2.43.